The van der Waals surface area contributed by atoms with E-state index in [4.69, 9.17) is 15.2 Å². The van der Waals surface area contributed by atoms with Crippen molar-refractivity contribution in [2.24, 2.45) is 17.6 Å². The zero-order chi connectivity index (χ0) is 14.0. The van der Waals surface area contributed by atoms with Crippen LogP contribution in [0.2, 0.25) is 0 Å². The standard InChI is InChI=1S/C16H25NO2/c1-11-8-12(2)10-16(17,9-11)15-13(18-3)6-5-7-14(15)19-4/h5-7,11-12H,8-10,17H2,1-4H3. The summed E-state index contributed by atoms with van der Waals surface area (Å²) >= 11 is 0. The van der Waals surface area contributed by atoms with E-state index >= 15 is 0 Å². The first-order chi connectivity index (χ1) is 9.00. The van der Waals surface area contributed by atoms with Gasteiger partial charge in [-0.05, 0) is 43.2 Å². The molecule has 0 heterocycles. The van der Waals surface area contributed by atoms with E-state index in [2.05, 4.69) is 13.8 Å². The lowest BCUT2D eigenvalue weighted by atomic mass is 9.68. The quantitative estimate of drug-likeness (QED) is 0.910. The van der Waals surface area contributed by atoms with E-state index in [0.717, 1.165) is 29.9 Å². The third-order valence-corrected chi connectivity index (χ3v) is 4.16. The van der Waals surface area contributed by atoms with Gasteiger partial charge in [0.1, 0.15) is 11.5 Å². The Morgan fingerprint density at radius 3 is 1.95 bits per heavy atom. The number of ether oxygens (including phenoxy) is 2. The van der Waals surface area contributed by atoms with Crippen molar-refractivity contribution >= 4 is 0 Å². The first-order valence-corrected chi connectivity index (χ1v) is 7.00. The second-order valence-electron chi connectivity index (χ2n) is 6.05. The first kappa shape index (κ1) is 14.2. The summed E-state index contributed by atoms with van der Waals surface area (Å²) in [4.78, 5) is 0. The average molecular weight is 263 g/mol. The van der Waals surface area contributed by atoms with Gasteiger partial charge in [-0.3, -0.25) is 0 Å². The monoisotopic (exact) mass is 263 g/mol. The van der Waals surface area contributed by atoms with Crippen LogP contribution in [0.1, 0.15) is 38.7 Å². The molecule has 1 aliphatic carbocycles. The molecule has 1 fully saturated rings. The summed E-state index contributed by atoms with van der Waals surface area (Å²) in [6.07, 6.45) is 3.21. The van der Waals surface area contributed by atoms with Crippen LogP contribution in [0.3, 0.4) is 0 Å². The molecule has 1 saturated carbocycles. The minimum atomic E-state index is -0.352. The van der Waals surface area contributed by atoms with Crippen molar-refractivity contribution in [1.82, 2.24) is 0 Å². The third-order valence-electron chi connectivity index (χ3n) is 4.16. The predicted octanol–water partition coefficient (Wildman–Crippen LogP) is 3.31. The molecule has 3 heteroatoms. The number of hydrogen-bond acceptors (Lipinski definition) is 3. The van der Waals surface area contributed by atoms with Crippen LogP contribution >= 0.6 is 0 Å². The van der Waals surface area contributed by atoms with Crippen LogP contribution in [0, 0.1) is 11.8 Å². The molecule has 0 amide bonds. The van der Waals surface area contributed by atoms with Gasteiger partial charge in [0, 0.05) is 5.54 Å². The van der Waals surface area contributed by atoms with Crippen LogP contribution in [0.25, 0.3) is 0 Å². The number of nitrogens with two attached hydrogens (primary N) is 1. The molecule has 1 aliphatic rings. The van der Waals surface area contributed by atoms with Gasteiger partial charge in [-0.15, -0.1) is 0 Å². The van der Waals surface area contributed by atoms with Gasteiger partial charge in [0.25, 0.3) is 0 Å². The Balaban J connectivity index is 2.49. The Kier molecular flexibility index (Phi) is 4.04. The van der Waals surface area contributed by atoms with Crippen molar-refractivity contribution in [2.45, 2.75) is 38.6 Å². The second kappa shape index (κ2) is 5.41. The predicted molar refractivity (Wildman–Crippen MR) is 77.6 cm³/mol. The Morgan fingerprint density at radius 2 is 1.53 bits per heavy atom. The van der Waals surface area contributed by atoms with Crippen molar-refractivity contribution in [1.29, 1.82) is 0 Å². The molecule has 1 aromatic rings. The van der Waals surface area contributed by atoms with E-state index in [1.165, 1.54) is 6.42 Å². The van der Waals surface area contributed by atoms with Gasteiger partial charge in [0.2, 0.25) is 0 Å². The van der Waals surface area contributed by atoms with Gasteiger partial charge in [0.15, 0.2) is 0 Å². The molecule has 0 saturated heterocycles. The smallest absolute Gasteiger partial charge is 0.127 e. The van der Waals surface area contributed by atoms with Crippen molar-refractivity contribution in [3.8, 4) is 11.5 Å². The highest BCUT2D eigenvalue weighted by molar-refractivity contribution is 5.49. The first-order valence-electron chi connectivity index (χ1n) is 7.00. The molecule has 3 nitrogen and oxygen atoms in total. The van der Waals surface area contributed by atoms with Crippen LogP contribution in [0.5, 0.6) is 11.5 Å². The van der Waals surface area contributed by atoms with Crippen molar-refractivity contribution in [2.75, 3.05) is 14.2 Å². The van der Waals surface area contributed by atoms with E-state index < -0.39 is 0 Å². The molecule has 2 atom stereocenters. The summed E-state index contributed by atoms with van der Waals surface area (Å²) in [6.45, 7) is 4.55. The van der Waals surface area contributed by atoms with E-state index in [0.29, 0.717) is 11.8 Å². The fourth-order valence-electron chi connectivity index (χ4n) is 3.73. The minimum Gasteiger partial charge on any atom is -0.496 e. The molecule has 106 valence electrons. The summed E-state index contributed by atoms with van der Waals surface area (Å²) in [5.74, 6) is 2.93. The van der Waals surface area contributed by atoms with E-state index in [9.17, 15) is 0 Å². The average Bonchev–Trinajstić information content (AvgIpc) is 2.36. The Hall–Kier alpha value is -1.22. The maximum Gasteiger partial charge on any atom is 0.127 e. The van der Waals surface area contributed by atoms with Crippen LogP contribution < -0.4 is 15.2 Å². The lowest BCUT2D eigenvalue weighted by molar-refractivity contribution is 0.176. The molecule has 0 radical (unpaired) electrons. The molecule has 0 aromatic heterocycles. The number of methoxy groups -OCH3 is 2. The molecular formula is C16H25NO2. The summed E-state index contributed by atoms with van der Waals surface area (Å²) < 4.78 is 11.0. The number of benzene rings is 1. The van der Waals surface area contributed by atoms with Crippen LogP contribution in [0.4, 0.5) is 0 Å². The van der Waals surface area contributed by atoms with E-state index in [1.807, 2.05) is 18.2 Å². The summed E-state index contributed by atoms with van der Waals surface area (Å²) in [5.41, 5.74) is 7.43. The van der Waals surface area contributed by atoms with Crippen molar-refractivity contribution < 1.29 is 9.47 Å². The van der Waals surface area contributed by atoms with Gasteiger partial charge >= 0.3 is 0 Å². The second-order valence-corrected chi connectivity index (χ2v) is 6.05. The minimum absolute atomic E-state index is 0.352. The summed E-state index contributed by atoms with van der Waals surface area (Å²) in [7, 11) is 3.38. The topological polar surface area (TPSA) is 44.5 Å². The van der Waals surface area contributed by atoms with Crippen molar-refractivity contribution in [3.63, 3.8) is 0 Å². The lowest BCUT2D eigenvalue weighted by Crippen LogP contribution is -2.44. The Labute approximate surface area is 116 Å². The van der Waals surface area contributed by atoms with Crippen LogP contribution in [-0.2, 0) is 5.54 Å². The molecule has 0 aliphatic heterocycles. The van der Waals surface area contributed by atoms with Gasteiger partial charge in [-0.2, -0.15) is 0 Å². The number of hydrogen-bond donors (Lipinski definition) is 1. The highest BCUT2D eigenvalue weighted by Gasteiger charge is 2.39. The molecule has 0 spiro atoms. The lowest BCUT2D eigenvalue weighted by Gasteiger charge is -2.41. The highest BCUT2D eigenvalue weighted by atomic mass is 16.5. The summed E-state index contributed by atoms with van der Waals surface area (Å²) in [5, 5.41) is 0. The SMILES string of the molecule is COc1cccc(OC)c1C1(N)CC(C)CC(C)C1. The largest absolute Gasteiger partial charge is 0.496 e. The van der Waals surface area contributed by atoms with Gasteiger partial charge in [-0.25, -0.2) is 0 Å². The zero-order valence-corrected chi connectivity index (χ0v) is 12.4. The molecule has 19 heavy (non-hydrogen) atoms. The Morgan fingerprint density at radius 1 is 1.05 bits per heavy atom. The summed E-state index contributed by atoms with van der Waals surface area (Å²) in [6, 6.07) is 5.88. The fourth-order valence-corrected chi connectivity index (χ4v) is 3.73. The van der Waals surface area contributed by atoms with E-state index in [-0.39, 0.29) is 5.54 Å². The molecule has 0 bridgehead atoms. The Bertz CT molecular complexity index is 412. The molecular weight excluding hydrogens is 238 g/mol. The number of rotatable bonds is 3. The molecule has 2 unspecified atom stereocenters. The van der Waals surface area contributed by atoms with Gasteiger partial charge in [0.05, 0.1) is 19.8 Å². The third kappa shape index (κ3) is 2.71. The maximum absolute atomic E-state index is 6.75. The molecule has 2 N–H and O–H groups in total. The van der Waals surface area contributed by atoms with Gasteiger partial charge in [-0.1, -0.05) is 19.9 Å². The normalized spacial score (nSPS) is 31.0. The van der Waals surface area contributed by atoms with Crippen molar-refractivity contribution in [3.05, 3.63) is 23.8 Å². The van der Waals surface area contributed by atoms with Crippen LogP contribution in [0.15, 0.2) is 18.2 Å². The highest BCUT2D eigenvalue weighted by Crippen LogP contribution is 2.47. The zero-order valence-electron chi connectivity index (χ0n) is 12.4. The maximum atomic E-state index is 6.75. The fraction of sp³-hybridized carbons (Fsp3) is 0.625. The van der Waals surface area contributed by atoms with Gasteiger partial charge < -0.3 is 15.2 Å². The molecule has 1 aromatic carbocycles. The van der Waals surface area contributed by atoms with Crippen LogP contribution in [-0.4, -0.2) is 14.2 Å². The van der Waals surface area contributed by atoms with E-state index in [1.54, 1.807) is 14.2 Å². The molecule has 2 rings (SSSR count).